The maximum atomic E-state index is 5.74. The van der Waals surface area contributed by atoms with Crippen LogP contribution in [-0.4, -0.2) is 37.7 Å². The van der Waals surface area contributed by atoms with E-state index in [1.54, 1.807) is 0 Å². The molecule has 0 spiro atoms. The molecule has 19 heavy (non-hydrogen) atoms. The van der Waals surface area contributed by atoms with E-state index in [2.05, 4.69) is 43.1 Å². The molecule has 1 N–H and O–H groups in total. The first kappa shape index (κ1) is 14.4. The van der Waals surface area contributed by atoms with E-state index in [4.69, 9.17) is 4.74 Å². The average molecular weight is 262 g/mol. The van der Waals surface area contributed by atoms with Gasteiger partial charge in [0, 0.05) is 32.7 Å². The summed E-state index contributed by atoms with van der Waals surface area (Å²) >= 11 is 0. The molecule has 2 rings (SSSR count). The first-order valence-electron chi connectivity index (χ1n) is 7.36. The highest BCUT2D eigenvalue weighted by Crippen LogP contribution is 2.23. The summed E-state index contributed by atoms with van der Waals surface area (Å²) in [6, 6.07) is 4.36. The Labute approximate surface area is 116 Å². The Morgan fingerprint density at radius 3 is 2.37 bits per heavy atom. The van der Waals surface area contributed by atoms with Gasteiger partial charge < -0.3 is 10.1 Å². The number of piperazine rings is 1. The fourth-order valence-corrected chi connectivity index (χ4v) is 2.60. The lowest BCUT2D eigenvalue weighted by molar-refractivity contribution is 0.232. The Kier molecular flexibility index (Phi) is 5.23. The van der Waals surface area contributed by atoms with Crippen LogP contribution in [0.25, 0.3) is 0 Å². The first-order valence-corrected chi connectivity index (χ1v) is 7.36. The summed E-state index contributed by atoms with van der Waals surface area (Å²) in [5.41, 5.74) is 4.17. The zero-order chi connectivity index (χ0) is 13.7. The molecule has 1 fully saturated rings. The molecule has 1 aromatic carbocycles. The van der Waals surface area contributed by atoms with Gasteiger partial charge in [0.25, 0.3) is 0 Å². The minimum absolute atomic E-state index is 0.802. The highest BCUT2D eigenvalue weighted by Gasteiger charge is 2.13. The van der Waals surface area contributed by atoms with Crippen LogP contribution in [0.2, 0.25) is 0 Å². The molecule has 1 aromatic rings. The van der Waals surface area contributed by atoms with E-state index in [1.807, 2.05) is 0 Å². The van der Waals surface area contributed by atoms with Crippen molar-refractivity contribution in [2.75, 3.05) is 32.8 Å². The molecule has 1 aliphatic heterocycles. The molecule has 0 aliphatic carbocycles. The number of benzene rings is 1. The van der Waals surface area contributed by atoms with Gasteiger partial charge in [-0.05, 0) is 49.1 Å². The van der Waals surface area contributed by atoms with E-state index >= 15 is 0 Å². The lowest BCUT2D eigenvalue weighted by Crippen LogP contribution is -2.43. The summed E-state index contributed by atoms with van der Waals surface area (Å²) in [6.07, 6.45) is 1.06. The molecular weight excluding hydrogens is 236 g/mol. The number of ether oxygens (including phenoxy) is 1. The largest absolute Gasteiger partial charge is 0.494 e. The van der Waals surface area contributed by atoms with Gasteiger partial charge in [0.15, 0.2) is 0 Å². The Balaban J connectivity index is 2.07. The Bertz CT molecular complexity index is 388. The maximum absolute atomic E-state index is 5.74. The van der Waals surface area contributed by atoms with Crippen molar-refractivity contribution in [1.82, 2.24) is 10.2 Å². The fraction of sp³-hybridized carbons (Fsp3) is 0.625. The third-order valence-corrected chi connectivity index (χ3v) is 3.73. The van der Waals surface area contributed by atoms with Crippen LogP contribution in [0.1, 0.15) is 30.0 Å². The van der Waals surface area contributed by atoms with Gasteiger partial charge in [-0.15, -0.1) is 0 Å². The van der Waals surface area contributed by atoms with Gasteiger partial charge in [-0.1, -0.05) is 6.92 Å². The molecule has 1 aliphatic rings. The highest BCUT2D eigenvalue weighted by molar-refractivity contribution is 5.41. The summed E-state index contributed by atoms with van der Waals surface area (Å²) in [4.78, 5) is 2.53. The monoisotopic (exact) mass is 262 g/mol. The Morgan fingerprint density at radius 2 is 1.79 bits per heavy atom. The van der Waals surface area contributed by atoms with Gasteiger partial charge in [0.2, 0.25) is 0 Å². The van der Waals surface area contributed by atoms with Crippen molar-refractivity contribution in [2.45, 2.75) is 33.7 Å². The number of rotatable bonds is 5. The molecule has 0 unspecified atom stereocenters. The standard InChI is InChI=1S/C16H26N2O/c1-4-9-19-15-10-13(2)16(14(3)11-15)12-18-7-5-17-6-8-18/h10-11,17H,4-9,12H2,1-3H3. The minimum atomic E-state index is 0.802. The van der Waals surface area contributed by atoms with Gasteiger partial charge in [0.1, 0.15) is 5.75 Å². The fourth-order valence-electron chi connectivity index (χ4n) is 2.60. The van der Waals surface area contributed by atoms with E-state index in [-0.39, 0.29) is 0 Å². The predicted octanol–water partition coefficient (Wildman–Crippen LogP) is 2.50. The van der Waals surface area contributed by atoms with Crippen LogP contribution in [0.3, 0.4) is 0 Å². The minimum Gasteiger partial charge on any atom is -0.494 e. The summed E-state index contributed by atoms with van der Waals surface area (Å²) in [6.45, 7) is 12.9. The van der Waals surface area contributed by atoms with Crippen molar-refractivity contribution in [3.63, 3.8) is 0 Å². The molecule has 1 heterocycles. The van der Waals surface area contributed by atoms with E-state index in [1.165, 1.54) is 16.7 Å². The van der Waals surface area contributed by atoms with Crippen LogP contribution < -0.4 is 10.1 Å². The second kappa shape index (κ2) is 6.92. The molecule has 3 heteroatoms. The van der Waals surface area contributed by atoms with Gasteiger partial charge in [-0.3, -0.25) is 4.90 Å². The summed E-state index contributed by atoms with van der Waals surface area (Å²) in [5.74, 6) is 1.01. The molecule has 0 amide bonds. The normalized spacial score (nSPS) is 16.6. The third kappa shape index (κ3) is 3.95. The van der Waals surface area contributed by atoms with Gasteiger partial charge >= 0.3 is 0 Å². The lowest BCUT2D eigenvalue weighted by atomic mass is 10.0. The van der Waals surface area contributed by atoms with Gasteiger partial charge in [0.05, 0.1) is 6.61 Å². The average Bonchev–Trinajstić information content (AvgIpc) is 2.42. The molecule has 0 bridgehead atoms. The van der Waals surface area contributed by atoms with E-state index in [9.17, 15) is 0 Å². The van der Waals surface area contributed by atoms with E-state index in [0.29, 0.717) is 0 Å². The number of nitrogens with zero attached hydrogens (tertiary/aromatic N) is 1. The highest BCUT2D eigenvalue weighted by atomic mass is 16.5. The lowest BCUT2D eigenvalue weighted by Gasteiger charge is -2.28. The molecule has 0 atom stereocenters. The SMILES string of the molecule is CCCOc1cc(C)c(CN2CCNCC2)c(C)c1. The molecule has 3 nitrogen and oxygen atoms in total. The van der Waals surface area contributed by atoms with Crippen LogP contribution in [0.5, 0.6) is 5.75 Å². The zero-order valence-corrected chi connectivity index (χ0v) is 12.5. The molecule has 106 valence electrons. The van der Waals surface area contributed by atoms with Crippen molar-refractivity contribution >= 4 is 0 Å². The topological polar surface area (TPSA) is 24.5 Å². The number of hydrogen-bond donors (Lipinski definition) is 1. The van der Waals surface area contributed by atoms with Gasteiger partial charge in [-0.2, -0.15) is 0 Å². The van der Waals surface area contributed by atoms with Crippen molar-refractivity contribution in [2.24, 2.45) is 0 Å². The van der Waals surface area contributed by atoms with Crippen LogP contribution in [-0.2, 0) is 6.54 Å². The molecule has 1 saturated heterocycles. The van der Waals surface area contributed by atoms with Crippen molar-refractivity contribution in [3.8, 4) is 5.75 Å². The summed E-state index contributed by atoms with van der Waals surface area (Å²) in [5, 5.41) is 3.40. The quantitative estimate of drug-likeness (QED) is 0.882. The second-order valence-electron chi connectivity index (χ2n) is 5.41. The number of hydrogen-bond acceptors (Lipinski definition) is 3. The molecule has 0 saturated carbocycles. The van der Waals surface area contributed by atoms with Crippen LogP contribution >= 0.6 is 0 Å². The summed E-state index contributed by atoms with van der Waals surface area (Å²) < 4.78 is 5.74. The second-order valence-corrected chi connectivity index (χ2v) is 5.41. The zero-order valence-electron chi connectivity index (χ0n) is 12.5. The van der Waals surface area contributed by atoms with Crippen LogP contribution in [0.15, 0.2) is 12.1 Å². The molecule has 0 radical (unpaired) electrons. The molecule has 0 aromatic heterocycles. The number of aryl methyl sites for hydroxylation is 2. The molecular formula is C16H26N2O. The third-order valence-electron chi connectivity index (χ3n) is 3.73. The summed E-state index contributed by atoms with van der Waals surface area (Å²) in [7, 11) is 0. The Morgan fingerprint density at radius 1 is 1.16 bits per heavy atom. The van der Waals surface area contributed by atoms with Crippen molar-refractivity contribution in [3.05, 3.63) is 28.8 Å². The van der Waals surface area contributed by atoms with Gasteiger partial charge in [-0.25, -0.2) is 0 Å². The van der Waals surface area contributed by atoms with Crippen LogP contribution in [0.4, 0.5) is 0 Å². The van der Waals surface area contributed by atoms with E-state index < -0.39 is 0 Å². The predicted molar refractivity (Wildman–Crippen MR) is 79.8 cm³/mol. The number of nitrogens with one attached hydrogen (secondary N) is 1. The van der Waals surface area contributed by atoms with Crippen molar-refractivity contribution in [1.29, 1.82) is 0 Å². The van der Waals surface area contributed by atoms with Crippen LogP contribution in [0, 0.1) is 13.8 Å². The van der Waals surface area contributed by atoms with Crippen molar-refractivity contribution < 1.29 is 4.74 Å². The Hall–Kier alpha value is -1.06. The smallest absolute Gasteiger partial charge is 0.119 e. The first-order chi connectivity index (χ1) is 9.20. The maximum Gasteiger partial charge on any atom is 0.119 e. The van der Waals surface area contributed by atoms with E-state index in [0.717, 1.165) is 51.5 Å².